The van der Waals surface area contributed by atoms with Crippen LogP contribution in [0.1, 0.15) is 0 Å². The minimum absolute atomic E-state index is 0.711. The van der Waals surface area contributed by atoms with Crippen LogP contribution in [0.3, 0.4) is 0 Å². The first kappa shape index (κ1) is 22.5. The lowest BCUT2D eigenvalue weighted by molar-refractivity contribution is 0.657. The van der Waals surface area contributed by atoms with Gasteiger partial charge in [-0.2, -0.15) is 0 Å². The van der Waals surface area contributed by atoms with Crippen LogP contribution >= 0.6 is 0 Å². The molecule has 4 bridgehead atoms. The van der Waals surface area contributed by atoms with Gasteiger partial charge < -0.3 is 9.40 Å². The van der Waals surface area contributed by atoms with Gasteiger partial charge in [0.1, 0.15) is 16.9 Å². The van der Waals surface area contributed by atoms with Crippen molar-refractivity contribution in [3.8, 4) is 22.5 Å². The maximum absolute atomic E-state index is 6.69. The van der Waals surface area contributed by atoms with E-state index >= 15 is 0 Å². The van der Waals surface area contributed by atoms with E-state index in [-0.39, 0.29) is 0 Å². The van der Waals surface area contributed by atoms with Crippen molar-refractivity contribution in [3.63, 3.8) is 0 Å². The molecule has 8 aromatic rings. The van der Waals surface area contributed by atoms with Crippen molar-refractivity contribution in [1.29, 1.82) is 0 Å². The van der Waals surface area contributed by atoms with E-state index in [0.29, 0.717) is 5.58 Å². The fourth-order valence-corrected chi connectivity index (χ4v) is 5.52. The zero-order chi connectivity index (χ0) is 26.5. The van der Waals surface area contributed by atoms with Crippen LogP contribution in [0.5, 0.6) is 0 Å². The molecular weight excluding hydrogens is 490 g/mol. The summed E-state index contributed by atoms with van der Waals surface area (Å²) in [6.45, 7) is 0. The highest BCUT2D eigenvalue weighted by Gasteiger charge is 2.16. The van der Waals surface area contributed by atoms with Gasteiger partial charge in [-0.15, -0.1) is 0 Å². The van der Waals surface area contributed by atoms with Gasteiger partial charge in [0.15, 0.2) is 0 Å². The van der Waals surface area contributed by atoms with Crippen molar-refractivity contribution < 1.29 is 4.42 Å². The van der Waals surface area contributed by atoms with Gasteiger partial charge in [-0.25, -0.2) is 9.97 Å². The fraction of sp³-hybridized carbons (Fsp3) is 0. The van der Waals surface area contributed by atoms with E-state index < -0.39 is 0 Å². The van der Waals surface area contributed by atoms with Crippen molar-refractivity contribution in [2.75, 3.05) is 0 Å². The number of nitrogens with one attached hydrogen (secondary N) is 1. The number of H-pyrrole nitrogens is 1. The highest BCUT2D eigenvalue weighted by Crippen LogP contribution is 2.35. The van der Waals surface area contributed by atoms with Crippen LogP contribution in [-0.4, -0.2) is 15.0 Å². The van der Waals surface area contributed by atoms with Crippen LogP contribution in [0.25, 0.3) is 77.3 Å². The molecular formula is C36H23N3O. The van der Waals surface area contributed by atoms with Crippen LogP contribution in [0.15, 0.2) is 138 Å². The monoisotopic (exact) mass is 513 g/mol. The number of hydrogen-bond acceptors (Lipinski definition) is 3. The molecule has 4 nitrogen and oxygen atoms in total. The van der Waals surface area contributed by atoms with Gasteiger partial charge in [0.25, 0.3) is 0 Å². The molecule has 0 saturated carbocycles. The third-order valence-electron chi connectivity index (χ3n) is 7.43. The summed E-state index contributed by atoms with van der Waals surface area (Å²) >= 11 is 0. The van der Waals surface area contributed by atoms with E-state index in [2.05, 4.69) is 89.9 Å². The van der Waals surface area contributed by atoms with Gasteiger partial charge in [0, 0.05) is 33.6 Å². The molecule has 6 aromatic carbocycles. The number of aromatic nitrogens is 3. The minimum atomic E-state index is 0.711. The van der Waals surface area contributed by atoms with Crippen molar-refractivity contribution in [2.24, 2.45) is 0 Å². The Balaban J connectivity index is 1.52. The molecule has 0 unspecified atom stereocenters. The predicted octanol–water partition coefficient (Wildman–Crippen LogP) is 9.62. The van der Waals surface area contributed by atoms with Gasteiger partial charge in [-0.3, -0.25) is 0 Å². The standard InChI is InChI=1S/C36H23N3O/c1-2-9-24(10-3-1)35-36(39-33-16-7-6-15-32(33)38-35)29-20-18-25-21-34(29)40-26-19-17-23-11-8-13-27(30(23)22-26)28-12-4-5-14-31(28)37-25/h1-22,37H. The van der Waals surface area contributed by atoms with Gasteiger partial charge in [0.05, 0.1) is 16.7 Å². The third kappa shape index (κ3) is 3.77. The zero-order valence-electron chi connectivity index (χ0n) is 21.5. The summed E-state index contributed by atoms with van der Waals surface area (Å²) in [4.78, 5) is 13.9. The van der Waals surface area contributed by atoms with Crippen molar-refractivity contribution in [1.82, 2.24) is 15.0 Å². The SMILES string of the molecule is c1ccc(-c2nc3ccccc3nc2-c2ccc3cc2oc2ccc4cccc(c4c2)c2ccccc2[nH]3)cc1. The maximum Gasteiger partial charge on any atom is 0.138 e. The molecule has 0 saturated heterocycles. The average molecular weight is 514 g/mol. The lowest BCUT2D eigenvalue weighted by Gasteiger charge is -2.11. The molecule has 0 atom stereocenters. The molecule has 0 aliphatic carbocycles. The van der Waals surface area contributed by atoms with Gasteiger partial charge in [-0.05, 0) is 58.6 Å². The Kier molecular flexibility index (Phi) is 5.10. The molecule has 0 aliphatic heterocycles. The molecule has 2 heterocycles. The van der Waals surface area contributed by atoms with Crippen LogP contribution in [0, 0.1) is 0 Å². The second-order valence-corrected chi connectivity index (χ2v) is 9.95. The normalized spacial score (nSPS) is 11.5. The number of benzene rings is 6. The largest absolute Gasteiger partial charge is 0.457 e. The first-order valence-electron chi connectivity index (χ1n) is 13.3. The summed E-state index contributed by atoms with van der Waals surface area (Å²) < 4.78 is 6.69. The molecule has 0 amide bonds. The van der Waals surface area contributed by atoms with E-state index in [4.69, 9.17) is 14.4 Å². The quantitative estimate of drug-likeness (QED) is 0.250. The summed E-state index contributed by atoms with van der Waals surface area (Å²) in [6.07, 6.45) is 0. The van der Waals surface area contributed by atoms with E-state index in [1.807, 2.05) is 48.5 Å². The van der Waals surface area contributed by atoms with Crippen LogP contribution in [0.4, 0.5) is 0 Å². The summed E-state index contributed by atoms with van der Waals surface area (Å²) in [5, 5.41) is 4.61. The summed E-state index contributed by atoms with van der Waals surface area (Å²) in [6, 6.07) is 45.5. The smallest absolute Gasteiger partial charge is 0.138 e. The molecule has 0 radical (unpaired) electrons. The molecule has 0 aliphatic rings. The highest BCUT2D eigenvalue weighted by atomic mass is 16.3. The maximum atomic E-state index is 6.69. The van der Waals surface area contributed by atoms with E-state index in [9.17, 15) is 0 Å². The Morgan fingerprint density at radius 1 is 0.525 bits per heavy atom. The number of para-hydroxylation sites is 3. The Morgan fingerprint density at radius 3 is 2.15 bits per heavy atom. The Bertz CT molecular complexity index is 2280. The molecule has 40 heavy (non-hydrogen) atoms. The molecule has 0 fully saturated rings. The Labute approximate surface area is 229 Å². The van der Waals surface area contributed by atoms with Crippen LogP contribution in [0.2, 0.25) is 0 Å². The molecule has 2 aromatic heterocycles. The van der Waals surface area contributed by atoms with Crippen LogP contribution in [-0.2, 0) is 0 Å². The van der Waals surface area contributed by atoms with Crippen molar-refractivity contribution >= 4 is 54.8 Å². The topological polar surface area (TPSA) is 54.7 Å². The summed E-state index contributed by atoms with van der Waals surface area (Å²) in [5.74, 6) is 0. The summed E-state index contributed by atoms with van der Waals surface area (Å²) in [5.41, 5.74) is 8.64. The van der Waals surface area contributed by atoms with Crippen molar-refractivity contribution in [2.45, 2.75) is 0 Å². The number of rotatable bonds is 2. The number of hydrogen-bond donors (Lipinski definition) is 1. The van der Waals surface area contributed by atoms with E-state index in [0.717, 1.165) is 71.7 Å². The number of fused-ring (bicyclic) bond motifs is 6. The lowest BCUT2D eigenvalue weighted by Crippen LogP contribution is -1.95. The van der Waals surface area contributed by atoms with Crippen molar-refractivity contribution in [3.05, 3.63) is 133 Å². The van der Waals surface area contributed by atoms with E-state index in [1.165, 1.54) is 0 Å². The molecule has 4 heteroatoms. The molecule has 1 N–H and O–H groups in total. The second kappa shape index (κ2) is 9.07. The number of aromatic amines is 1. The highest BCUT2D eigenvalue weighted by molar-refractivity contribution is 6.11. The fourth-order valence-electron chi connectivity index (χ4n) is 5.52. The molecule has 0 spiro atoms. The van der Waals surface area contributed by atoms with Crippen LogP contribution < -0.4 is 0 Å². The van der Waals surface area contributed by atoms with Gasteiger partial charge in [-0.1, -0.05) is 84.9 Å². The lowest BCUT2D eigenvalue weighted by atomic mass is 10.0. The first-order chi connectivity index (χ1) is 19.8. The van der Waals surface area contributed by atoms with E-state index in [1.54, 1.807) is 0 Å². The zero-order valence-corrected chi connectivity index (χ0v) is 21.5. The number of nitrogens with zero attached hydrogens (tertiary/aromatic N) is 2. The Morgan fingerprint density at radius 2 is 1.27 bits per heavy atom. The first-order valence-corrected chi connectivity index (χ1v) is 13.3. The van der Waals surface area contributed by atoms with Gasteiger partial charge in [0.2, 0.25) is 0 Å². The third-order valence-corrected chi connectivity index (χ3v) is 7.43. The predicted molar refractivity (Wildman–Crippen MR) is 165 cm³/mol. The summed E-state index contributed by atoms with van der Waals surface area (Å²) in [7, 11) is 0. The molecule has 188 valence electrons. The van der Waals surface area contributed by atoms with Gasteiger partial charge >= 0.3 is 0 Å². The second-order valence-electron chi connectivity index (χ2n) is 9.95. The molecule has 8 rings (SSSR count). The average Bonchev–Trinajstić information content (AvgIpc) is 3.02. The Hall–Kier alpha value is -5.48. The minimum Gasteiger partial charge on any atom is -0.457 e.